The van der Waals surface area contributed by atoms with E-state index < -0.39 is 9.84 Å². The predicted molar refractivity (Wildman–Crippen MR) is 113 cm³/mol. The van der Waals surface area contributed by atoms with Crippen molar-refractivity contribution in [3.63, 3.8) is 0 Å². The van der Waals surface area contributed by atoms with Gasteiger partial charge in [0.1, 0.15) is 0 Å². The molecule has 4 nitrogen and oxygen atoms in total. The van der Waals surface area contributed by atoms with Gasteiger partial charge >= 0.3 is 0 Å². The van der Waals surface area contributed by atoms with Gasteiger partial charge in [0, 0.05) is 32.2 Å². The van der Waals surface area contributed by atoms with Gasteiger partial charge in [-0.05, 0) is 60.7 Å². The normalized spacial score (nSPS) is 11.6. The first-order valence-electron chi connectivity index (χ1n) is 9.52. The number of hydrogen-bond acceptors (Lipinski definition) is 3. The Balaban J connectivity index is 1.64. The van der Waals surface area contributed by atoms with Crippen molar-refractivity contribution in [1.29, 1.82) is 0 Å². The van der Waals surface area contributed by atoms with Gasteiger partial charge in [-0.2, -0.15) is 0 Å². The maximum absolute atomic E-state index is 12.3. The molecule has 0 bridgehead atoms. The Bertz CT molecular complexity index is 987. The molecular formula is C23H27NO3S. The Morgan fingerprint density at radius 1 is 0.929 bits per heavy atom. The summed E-state index contributed by atoms with van der Waals surface area (Å²) in [5.41, 5.74) is 4.66. The zero-order chi connectivity index (χ0) is 20.0. The molecule has 3 aromatic rings. The van der Waals surface area contributed by atoms with Crippen molar-refractivity contribution in [2.75, 3.05) is 19.5 Å². The van der Waals surface area contributed by atoms with Crippen LogP contribution >= 0.6 is 0 Å². The number of methoxy groups -OCH3 is 1. The molecule has 28 heavy (non-hydrogen) atoms. The maximum atomic E-state index is 12.3. The molecule has 0 N–H and O–H groups in total. The standard InChI is InChI=1S/C23H27NO3S/c1-19-5-3-15-24(19)16-14-20-6-8-21(9-7-20)22-10-12-23(13-11-22)28(25,26)18-4-17-27-2/h3,5-13,15H,4,14,16-18H2,1-2H3. The van der Waals surface area contributed by atoms with E-state index in [-0.39, 0.29) is 5.75 Å². The van der Waals surface area contributed by atoms with Crippen molar-refractivity contribution in [3.8, 4) is 11.1 Å². The van der Waals surface area contributed by atoms with Crippen LogP contribution in [0.15, 0.2) is 71.8 Å². The van der Waals surface area contributed by atoms with E-state index in [2.05, 4.69) is 54.1 Å². The van der Waals surface area contributed by atoms with Crippen molar-refractivity contribution in [1.82, 2.24) is 4.57 Å². The lowest BCUT2D eigenvalue weighted by molar-refractivity contribution is 0.199. The zero-order valence-electron chi connectivity index (χ0n) is 16.5. The first-order valence-corrected chi connectivity index (χ1v) is 11.2. The number of sulfone groups is 1. The molecule has 148 valence electrons. The van der Waals surface area contributed by atoms with E-state index >= 15 is 0 Å². The summed E-state index contributed by atoms with van der Waals surface area (Å²) >= 11 is 0. The average molecular weight is 398 g/mol. The lowest BCUT2D eigenvalue weighted by Crippen LogP contribution is -2.08. The highest BCUT2D eigenvalue weighted by Gasteiger charge is 2.14. The monoisotopic (exact) mass is 397 g/mol. The van der Waals surface area contributed by atoms with Crippen molar-refractivity contribution < 1.29 is 13.2 Å². The molecule has 0 atom stereocenters. The van der Waals surface area contributed by atoms with E-state index in [1.807, 2.05) is 12.1 Å². The van der Waals surface area contributed by atoms with Gasteiger partial charge in [-0.25, -0.2) is 8.42 Å². The van der Waals surface area contributed by atoms with E-state index in [0.717, 1.165) is 24.1 Å². The van der Waals surface area contributed by atoms with Crippen molar-refractivity contribution in [2.45, 2.75) is 31.2 Å². The van der Waals surface area contributed by atoms with E-state index in [0.29, 0.717) is 17.9 Å². The molecule has 3 rings (SSSR count). The molecule has 0 saturated carbocycles. The molecule has 1 heterocycles. The van der Waals surface area contributed by atoms with Crippen LogP contribution in [0.4, 0.5) is 0 Å². The highest BCUT2D eigenvalue weighted by molar-refractivity contribution is 7.91. The van der Waals surface area contributed by atoms with Crippen molar-refractivity contribution in [3.05, 3.63) is 78.1 Å². The summed E-state index contributed by atoms with van der Waals surface area (Å²) in [6, 6.07) is 19.8. The van der Waals surface area contributed by atoms with Gasteiger partial charge in [0.25, 0.3) is 0 Å². The Morgan fingerprint density at radius 3 is 2.14 bits per heavy atom. The summed E-state index contributed by atoms with van der Waals surface area (Å²) in [5, 5.41) is 0. The summed E-state index contributed by atoms with van der Waals surface area (Å²) in [4.78, 5) is 0.367. The van der Waals surface area contributed by atoms with E-state index in [4.69, 9.17) is 4.74 Å². The predicted octanol–water partition coefficient (Wildman–Crippen LogP) is 4.52. The van der Waals surface area contributed by atoms with Gasteiger partial charge in [0.15, 0.2) is 9.84 Å². The van der Waals surface area contributed by atoms with Crippen LogP contribution in [0.5, 0.6) is 0 Å². The minimum absolute atomic E-state index is 0.107. The molecule has 0 aliphatic rings. The van der Waals surface area contributed by atoms with Crippen LogP contribution in [0.3, 0.4) is 0 Å². The highest BCUT2D eigenvalue weighted by atomic mass is 32.2. The number of benzene rings is 2. The van der Waals surface area contributed by atoms with Crippen LogP contribution in [0.1, 0.15) is 17.7 Å². The summed E-state index contributed by atoms with van der Waals surface area (Å²) in [7, 11) is -1.68. The second-order valence-electron chi connectivity index (χ2n) is 6.98. The molecule has 0 amide bonds. The van der Waals surface area contributed by atoms with Gasteiger partial charge in [-0.15, -0.1) is 0 Å². The minimum atomic E-state index is -3.25. The topological polar surface area (TPSA) is 48.3 Å². The minimum Gasteiger partial charge on any atom is -0.385 e. The van der Waals surface area contributed by atoms with E-state index in [9.17, 15) is 8.42 Å². The Kier molecular flexibility index (Phi) is 6.70. The van der Waals surface area contributed by atoms with Gasteiger partial charge in [0.2, 0.25) is 0 Å². The van der Waals surface area contributed by atoms with Gasteiger partial charge in [-0.1, -0.05) is 36.4 Å². The van der Waals surface area contributed by atoms with Crippen LogP contribution in [-0.2, 0) is 27.5 Å². The fourth-order valence-corrected chi connectivity index (χ4v) is 4.51. The maximum Gasteiger partial charge on any atom is 0.178 e. The lowest BCUT2D eigenvalue weighted by Gasteiger charge is -2.08. The third kappa shape index (κ3) is 5.12. The molecule has 0 unspecified atom stereocenters. The molecule has 0 saturated heterocycles. The van der Waals surface area contributed by atoms with E-state index in [1.54, 1.807) is 19.2 Å². The Morgan fingerprint density at radius 2 is 1.57 bits per heavy atom. The molecule has 0 aliphatic carbocycles. The first kappa shape index (κ1) is 20.4. The van der Waals surface area contributed by atoms with Crippen LogP contribution in [0, 0.1) is 6.92 Å². The fourth-order valence-electron chi connectivity index (χ4n) is 3.23. The van der Waals surface area contributed by atoms with Gasteiger partial charge in [0.05, 0.1) is 10.6 Å². The molecule has 0 spiro atoms. The van der Waals surface area contributed by atoms with Crippen LogP contribution in [0.25, 0.3) is 11.1 Å². The fraction of sp³-hybridized carbons (Fsp3) is 0.304. The molecule has 0 aliphatic heterocycles. The largest absolute Gasteiger partial charge is 0.385 e. The van der Waals surface area contributed by atoms with Crippen molar-refractivity contribution in [2.24, 2.45) is 0 Å². The van der Waals surface area contributed by atoms with Gasteiger partial charge < -0.3 is 9.30 Å². The number of ether oxygens (including phenoxy) is 1. The third-order valence-corrected chi connectivity index (χ3v) is 6.78. The summed E-state index contributed by atoms with van der Waals surface area (Å²) < 4.78 is 31.9. The third-order valence-electron chi connectivity index (χ3n) is 4.96. The molecule has 0 radical (unpaired) electrons. The molecule has 1 aromatic heterocycles. The quantitative estimate of drug-likeness (QED) is 0.499. The Labute approximate surface area is 167 Å². The number of hydrogen-bond donors (Lipinski definition) is 0. The van der Waals surface area contributed by atoms with Crippen LogP contribution in [-0.4, -0.2) is 32.5 Å². The SMILES string of the molecule is COCCCS(=O)(=O)c1ccc(-c2ccc(CCn3cccc3C)cc2)cc1. The lowest BCUT2D eigenvalue weighted by atomic mass is 10.0. The summed E-state index contributed by atoms with van der Waals surface area (Å²) in [5.74, 6) is 0.107. The Hall–Kier alpha value is -2.37. The smallest absolute Gasteiger partial charge is 0.178 e. The molecule has 5 heteroatoms. The summed E-state index contributed by atoms with van der Waals surface area (Å²) in [6.07, 6.45) is 3.59. The van der Waals surface area contributed by atoms with Crippen LogP contribution < -0.4 is 0 Å². The second-order valence-corrected chi connectivity index (χ2v) is 9.09. The summed E-state index contributed by atoms with van der Waals surface area (Å²) in [6.45, 7) is 3.53. The molecular weight excluding hydrogens is 370 g/mol. The molecule has 0 fully saturated rings. The van der Waals surface area contributed by atoms with Crippen LogP contribution in [0.2, 0.25) is 0 Å². The van der Waals surface area contributed by atoms with E-state index in [1.165, 1.54) is 11.3 Å². The van der Waals surface area contributed by atoms with Crippen molar-refractivity contribution >= 4 is 9.84 Å². The number of aryl methyl sites for hydroxylation is 3. The first-order chi connectivity index (χ1) is 13.5. The molecule has 2 aromatic carbocycles. The number of nitrogens with zero attached hydrogens (tertiary/aromatic N) is 1. The van der Waals surface area contributed by atoms with Gasteiger partial charge in [-0.3, -0.25) is 0 Å². The zero-order valence-corrected chi connectivity index (χ0v) is 17.3. The number of rotatable bonds is 9. The average Bonchev–Trinajstić information content (AvgIpc) is 3.12. The number of aromatic nitrogens is 1. The highest BCUT2D eigenvalue weighted by Crippen LogP contribution is 2.23. The second kappa shape index (κ2) is 9.22.